The summed E-state index contributed by atoms with van der Waals surface area (Å²) in [7, 11) is 0. The van der Waals surface area contributed by atoms with Gasteiger partial charge < -0.3 is 5.32 Å². The number of benzene rings is 1. The summed E-state index contributed by atoms with van der Waals surface area (Å²) >= 11 is 1.90. The van der Waals surface area contributed by atoms with Crippen LogP contribution in [0.15, 0.2) is 24.3 Å². The highest BCUT2D eigenvalue weighted by atomic mass is 32.1. The van der Waals surface area contributed by atoms with E-state index in [0.29, 0.717) is 12.0 Å². The molecule has 0 aliphatic heterocycles. The Morgan fingerprint density at radius 2 is 2.15 bits per heavy atom. The normalized spacial score (nSPS) is 17.1. The van der Waals surface area contributed by atoms with Crippen LogP contribution in [0.4, 0.5) is 0 Å². The number of thiazole rings is 1. The van der Waals surface area contributed by atoms with Crippen molar-refractivity contribution in [1.29, 1.82) is 0 Å². The molecular formula is C17H22N2S. The van der Waals surface area contributed by atoms with Crippen LogP contribution in [0.5, 0.6) is 0 Å². The Hall–Kier alpha value is -1.19. The van der Waals surface area contributed by atoms with Crippen LogP contribution in [0.25, 0.3) is 0 Å². The molecule has 1 aliphatic rings. The predicted molar refractivity (Wildman–Crippen MR) is 85.5 cm³/mol. The van der Waals surface area contributed by atoms with Crippen LogP contribution in [-0.2, 0) is 19.4 Å². The third kappa shape index (κ3) is 2.52. The zero-order chi connectivity index (χ0) is 14.1. The molecule has 0 fully saturated rings. The van der Waals surface area contributed by atoms with Gasteiger partial charge in [0, 0.05) is 23.4 Å². The predicted octanol–water partition coefficient (Wildman–Crippen LogP) is 3.89. The van der Waals surface area contributed by atoms with Crippen LogP contribution in [0.2, 0.25) is 0 Å². The summed E-state index contributed by atoms with van der Waals surface area (Å²) < 4.78 is 0. The maximum atomic E-state index is 4.91. The molecule has 1 aliphatic carbocycles. The zero-order valence-corrected chi connectivity index (χ0v) is 13.3. The molecule has 0 saturated heterocycles. The molecule has 20 heavy (non-hydrogen) atoms. The fourth-order valence-corrected chi connectivity index (χ4v) is 3.97. The first-order valence-corrected chi connectivity index (χ1v) is 8.30. The molecule has 2 aromatic rings. The van der Waals surface area contributed by atoms with E-state index in [4.69, 9.17) is 4.98 Å². The van der Waals surface area contributed by atoms with Gasteiger partial charge in [-0.15, -0.1) is 11.3 Å². The van der Waals surface area contributed by atoms with E-state index in [9.17, 15) is 0 Å². The molecule has 3 heteroatoms. The standard InChI is InChI=1S/C17H22N2S/c1-4-15-16(10-18-11(2)3)20-17(19-15)14-9-12-7-5-6-8-13(12)14/h5-8,11,14,18H,4,9-10H2,1-3H3. The van der Waals surface area contributed by atoms with Crippen molar-refractivity contribution in [3.63, 3.8) is 0 Å². The van der Waals surface area contributed by atoms with Gasteiger partial charge in [-0.25, -0.2) is 4.98 Å². The van der Waals surface area contributed by atoms with Gasteiger partial charge in [-0.05, 0) is 24.0 Å². The molecule has 1 aromatic heterocycles. The fourth-order valence-electron chi connectivity index (χ4n) is 2.74. The molecule has 2 nitrogen and oxygen atoms in total. The maximum absolute atomic E-state index is 4.91. The van der Waals surface area contributed by atoms with Crippen molar-refractivity contribution < 1.29 is 0 Å². The van der Waals surface area contributed by atoms with Crippen LogP contribution in [0.3, 0.4) is 0 Å². The molecule has 1 heterocycles. The minimum Gasteiger partial charge on any atom is -0.310 e. The average molecular weight is 286 g/mol. The van der Waals surface area contributed by atoms with Gasteiger partial charge in [0.15, 0.2) is 0 Å². The highest BCUT2D eigenvalue weighted by Crippen LogP contribution is 2.42. The van der Waals surface area contributed by atoms with Gasteiger partial charge in [0.05, 0.1) is 5.69 Å². The number of nitrogens with zero attached hydrogens (tertiary/aromatic N) is 1. The second-order valence-corrected chi connectivity index (χ2v) is 6.88. The van der Waals surface area contributed by atoms with Crippen molar-refractivity contribution in [2.45, 2.75) is 52.1 Å². The van der Waals surface area contributed by atoms with Crippen molar-refractivity contribution in [3.8, 4) is 0 Å². The first-order chi connectivity index (χ1) is 9.69. The molecule has 0 amide bonds. The van der Waals surface area contributed by atoms with Crippen molar-refractivity contribution in [3.05, 3.63) is 51.0 Å². The van der Waals surface area contributed by atoms with E-state index < -0.39 is 0 Å². The third-order valence-electron chi connectivity index (χ3n) is 3.95. The lowest BCUT2D eigenvalue weighted by Gasteiger charge is -2.28. The average Bonchev–Trinajstić information content (AvgIpc) is 2.80. The Morgan fingerprint density at radius 1 is 1.35 bits per heavy atom. The highest BCUT2D eigenvalue weighted by molar-refractivity contribution is 7.11. The minimum absolute atomic E-state index is 0.523. The van der Waals surface area contributed by atoms with Crippen molar-refractivity contribution in [2.75, 3.05) is 0 Å². The summed E-state index contributed by atoms with van der Waals surface area (Å²) in [5, 5.41) is 4.82. The summed E-state index contributed by atoms with van der Waals surface area (Å²) in [6.45, 7) is 7.53. The second kappa shape index (κ2) is 5.66. The molecular weight excluding hydrogens is 264 g/mol. The topological polar surface area (TPSA) is 24.9 Å². The third-order valence-corrected chi connectivity index (χ3v) is 5.16. The molecule has 0 bridgehead atoms. The quantitative estimate of drug-likeness (QED) is 0.902. The lowest BCUT2D eigenvalue weighted by molar-refractivity contribution is 0.590. The molecule has 0 saturated carbocycles. The smallest absolute Gasteiger partial charge is 0.101 e. The summed E-state index contributed by atoms with van der Waals surface area (Å²) in [4.78, 5) is 6.32. The number of aryl methyl sites for hydroxylation is 1. The van der Waals surface area contributed by atoms with E-state index in [2.05, 4.69) is 50.4 Å². The van der Waals surface area contributed by atoms with Crippen molar-refractivity contribution >= 4 is 11.3 Å². The number of nitrogens with one attached hydrogen (secondary N) is 1. The lowest BCUT2D eigenvalue weighted by Crippen LogP contribution is -2.21. The number of fused-ring (bicyclic) bond motifs is 1. The van der Waals surface area contributed by atoms with Gasteiger partial charge >= 0.3 is 0 Å². The Labute approximate surface area is 125 Å². The Kier molecular flexibility index (Phi) is 3.90. The van der Waals surface area contributed by atoms with E-state index in [-0.39, 0.29) is 0 Å². The van der Waals surface area contributed by atoms with Gasteiger partial charge in [0.1, 0.15) is 5.01 Å². The first kappa shape index (κ1) is 13.8. The van der Waals surface area contributed by atoms with Crippen molar-refractivity contribution in [1.82, 2.24) is 10.3 Å². The number of aromatic nitrogens is 1. The summed E-state index contributed by atoms with van der Waals surface area (Å²) in [6.07, 6.45) is 2.18. The lowest BCUT2D eigenvalue weighted by atomic mass is 9.78. The fraction of sp³-hybridized carbons (Fsp3) is 0.471. The van der Waals surface area contributed by atoms with Crippen LogP contribution in [0.1, 0.15) is 53.4 Å². The van der Waals surface area contributed by atoms with Gasteiger partial charge in [0.25, 0.3) is 0 Å². The van der Waals surface area contributed by atoms with E-state index in [0.717, 1.165) is 19.4 Å². The summed E-state index contributed by atoms with van der Waals surface area (Å²) in [5.74, 6) is 0.536. The maximum Gasteiger partial charge on any atom is 0.101 e. The van der Waals surface area contributed by atoms with E-state index in [1.807, 2.05) is 11.3 Å². The molecule has 106 valence electrons. The summed E-state index contributed by atoms with van der Waals surface area (Å²) in [5.41, 5.74) is 4.25. The molecule has 1 atom stereocenters. The zero-order valence-electron chi connectivity index (χ0n) is 12.4. The molecule has 0 radical (unpaired) electrons. The van der Waals surface area contributed by atoms with E-state index >= 15 is 0 Å². The molecule has 1 aromatic carbocycles. The monoisotopic (exact) mass is 286 g/mol. The second-order valence-electron chi connectivity index (χ2n) is 5.77. The number of hydrogen-bond donors (Lipinski definition) is 1. The number of hydrogen-bond acceptors (Lipinski definition) is 3. The van der Waals surface area contributed by atoms with Gasteiger partial charge in [-0.2, -0.15) is 0 Å². The van der Waals surface area contributed by atoms with Crippen LogP contribution in [-0.4, -0.2) is 11.0 Å². The Bertz CT molecular complexity index is 601. The molecule has 0 spiro atoms. The van der Waals surface area contributed by atoms with Crippen molar-refractivity contribution in [2.24, 2.45) is 0 Å². The van der Waals surface area contributed by atoms with E-state index in [1.54, 1.807) is 0 Å². The van der Waals surface area contributed by atoms with E-state index in [1.165, 1.54) is 26.7 Å². The molecule has 3 rings (SSSR count). The van der Waals surface area contributed by atoms with Crippen LogP contribution in [0, 0.1) is 0 Å². The highest BCUT2D eigenvalue weighted by Gasteiger charge is 2.30. The Balaban J connectivity index is 1.82. The van der Waals surface area contributed by atoms with Crippen LogP contribution >= 0.6 is 11.3 Å². The number of rotatable bonds is 5. The largest absolute Gasteiger partial charge is 0.310 e. The SMILES string of the molecule is CCc1nc(C2Cc3ccccc32)sc1CNC(C)C. The Morgan fingerprint density at radius 3 is 2.85 bits per heavy atom. The minimum atomic E-state index is 0.523. The first-order valence-electron chi connectivity index (χ1n) is 7.48. The van der Waals surface area contributed by atoms with Gasteiger partial charge in [-0.1, -0.05) is 45.0 Å². The molecule has 1 unspecified atom stereocenters. The van der Waals surface area contributed by atoms with Gasteiger partial charge in [-0.3, -0.25) is 0 Å². The van der Waals surface area contributed by atoms with Gasteiger partial charge in [0.2, 0.25) is 0 Å². The van der Waals surface area contributed by atoms with Crippen LogP contribution < -0.4 is 5.32 Å². The molecule has 1 N–H and O–H groups in total. The summed E-state index contributed by atoms with van der Waals surface area (Å²) in [6, 6.07) is 9.28.